The maximum Gasteiger partial charge on any atom is 0.282 e. The van der Waals surface area contributed by atoms with Gasteiger partial charge in [-0.2, -0.15) is 10.2 Å². The molecule has 0 amide bonds. The molecule has 5 aromatic heterocycles. The van der Waals surface area contributed by atoms with Crippen LogP contribution in [0.3, 0.4) is 0 Å². The predicted molar refractivity (Wildman–Crippen MR) is 127 cm³/mol. The number of aromatic nitrogens is 7. The molecule has 1 aliphatic heterocycles. The van der Waals surface area contributed by atoms with Crippen LogP contribution in [0.25, 0.3) is 38.9 Å². The number of rotatable bonds is 4. The fraction of sp³-hybridized carbons (Fsp3) is 0.292. The molecule has 0 radical (unpaired) electrons. The zero-order valence-corrected chi connectivity index (χ0v) is 19.6. The number of ether oxygens (including phenoxy) is 1. The minimum absolute atomic E-state index is 0.374. The van der Waals surface area contributed by atoms with E-state index in [1.165, 1.54) is 0 Å². The maximum atomic E-state index is 13.7. The molecule has 9 nitrogen and oxygen atoms in total. The number of hydrogen-bond donors (Lipinski definition) is 0. The van der Waals surface area contributed by atoms with E-state index in [1.807, 2.05) is 33.0 Å². The summed E-state index contributed by atoms with van der Waals surface area (Å²) in [4.78, 5) is 15.4. The average molecular weight is 476 g/mol. The van der Waals surface area contributed by atoms with E-state index in [4.69, 9.17) is 14.7 Å². The quantitative estimate of drug-likeness (QED) is 0.389. The van der Waals surface area contributed by atoms with Crippen molar-refractivity contribution in [3.63, 3.8) is 0 Å². The lowest BCUT2D eigenvalue weighted by atomic mass is 10.1. The van der Waals surface area contributed by atoms with Crippen LogP contribution in [0, 0.1) is 13.8 Å². The molecule has 0 aromatic carbocycles. The van der Waals surface area contributed by atoms with Crippen LogP contribution in [-0.4, -0.2) is 60.6 Å². The van der Waals surface area contributed by atoms with E-state index in [2.05, 4.69) is 15.2 Å². The minimum Gasteiger partial charge on any atom is -0.496 e. The zero-order chi connectivity index (χ0) is 24.5. The third-order valence-electron chi connectivity index (χ3n) is 6.37. The van der Waals surface area contributed by atoms with Crippen LogP contribution in [0.2, 0.25) is 0 Å². The van der Waals surface area contributed by atoms with Gasteiger partial charge in [0.1, 0.15) is 11.6 Å². The van der Waals surface area contributed by atoms with Gasteiger partial charge >= 0.3 is 0 Å². The number of nitrogens with zero attached hydrogens (tertiary/aromatic N) is 8. The molecular formula is C24H22F2N8O. The van der Waals surface area contributed by atoms with Crippen LogP contribution in [0.5, 0.6) is 5.75 Å². The lowest BCUT2D eigenvalue weighted by Gasteiger charge is -2.40. The molecule has 0 unspecified atom stereocenters. The second-order valence-corrected chi connectivity index (χ2v) is 8.78. The number of anilines is 1. The van der Waals surface area contributed by atoms with Gasteiger partial charge in [-0.1, -0.05) is 0 Å². The van der Waals surface area contributed by atoms with Crippen LogP contribution in [-0.2, 0) is 7.05 Å². The van der Waals surface area contributed by atoms with Gasteiger partial charge in [0.25, 0.3) is 5.92 Å². The van der Waals surface area contributed by atoms with E-state index >= 15 is 0 Å². The summed E-state index contributed by atoms with van der Waals surface area (Å²) in [5.74, 6) is -1.07. The molecule has 1 aliphatic rings. The monoisotopic (exact) mass is 476 g/mol. The molecule has 178 valence electrons. The molecule has 0 aliphatic carbocycles. The normalized spacial score (nSPS) is 15.1. The van der Waals surface area contributed by atoms with Crippen molar-refractivity contribution in [2.24, 2.45) is 7.05 Å². The molecule has 5 aromatic rings. The van der Waals surface area contributed by atoms with Gasteiger partial charge < -0.3 is 9.64 Å². The third kappa shape index (κ3) is 3.29. The van der Waals surface area contributed by atoms with Crippen molar-refractivity contribution in [3.8, 4) is 22.8 Å². The lowest BCUT2D eigenvalue weighted by Crippen LogP contribution is -2.56. The highest BCUT2D eigenvalue weighted by Crippen LogP contribution is 2.37. The van der Waals surface area contributed by atoms with Gasteiger partial charge in [0.2, 0.25) is 0 Å². The van der Waals surface area contributed by atoms with Crippen molar-refractivity contribution in [2.45, 2.75) is 19.8 Å². The highest BCUT2D eigenvalue weighted by atomic mass is 19.3. The molecular weight excluding hydrogens is 454 g/mol. The Balaban J connectivity index is 1.57. The van der Waals surface area contributed by atoms with Crippen LogP contribution < -0.4 is 9.64 Å². The largest absolute Gasteiger partial charge is 0.496 e. The fourth-order valence-corrected chi connectivity index (χ4v) is 4.69. The van der Waals surface area contributed by atoms with Crippen LogP contribution in [0.15, 0.2) is 36.8 Å². The molecule has 0 spiro atoms. The maximum absolute atomic E-state index is 13.7. The zero-order valence-electron chi connectivity index (χ0n) is 19.6. The van der Waals surface area contributed by atoms with E-state index in [0.717, 1.165) is 38.8 Å². The van der Waals surface area contributed by atoms with Crippen molar-refractivity contribution in [2.75, 3.05) is 25.1 Å². The third-order valence-corrected chi connectivity index (χ3v) is 6.37. The second kappa shape index (κ2) is 7.42. The predicted octanol–water partition coefficient (Wildman–Crippen LogP) is 3.84. The fourth-order valence-electron chi connectivity index (χ4n) is 4.69. The van der Waals surface area contributed by atoms with E-state index in [0.29, 0.717) is 23.1 Å². The highest BCUT2D eigenvalue weighted by molar-refractivity contribution is 5.94. The number of halogens is 2. The highest BCUT2D eigenvalue weighted by Gasteiger charge is 2.45. The summed E-state index contributed by atoms with van der Waals surface area (Å²) < 4.78 is 36.4. The number of aryl methyl sites for hydroxylation is 3. The number of hydrogen-bond acceptors (Lipinski definition) is 7. The van der Waals surface area contributed by atoms with E-state index < -0.39 is 5.92 Å². The van der Waals surface area contributed by atoms with E-state index in [-0.39, 0.29) is 13.1 Å². The summed E-state index contributed by atoms with van der Waals surface area (Å²) in [5.41, 5.74) is 4.53. The van der Waals surface area contributed by atoms with Gasteiger partial charge in [0.15, 0.2) is 5.82 Å². The molecule has 6 heterocycles. The van der Waals surface area contributed by atoms with Gasteiger partial charge in [-0.25, -0.2) is 18.4 Å². The van der Waals surface area contributed by atoms with Crippen LogP contribution in [0.1, 0.15) is 11.4 Å². The van der Waals surface area contributed by atoms with Gasteiger partial charge in [0, 0.05) is 36.6 Å². The first kappa shape index (κ1) is 21.4. The van der Waals surface area contributed by atoms with Gasteiger partial charge in [0.05, 0.1) is 59.8 Å². The summed E-state index contributed by atoms with van der Waals surface area (Å²) in [7, 11) is 3.43. The molecule has 0 atom stereocenters. The summed E-state index contributed by atoms with van der Waals surface area (Å²) in [6.45, 7) is 3.02. The lowest BCUT2D eigenvalue weighted by molar-refractivity contribution is -0.0265. The Kier molecular flexibility index (Phi) is 4.54. The average Bonchev–Trinajstić information content (AvgIpc) is 3.38. The SMILES string of the molecule is COc1ccncc1-c1cc2c(cnn2-c2cc3c(c(C)nn3C)c(N3CC(F)(F)C3)n2)c(C)n1. The first-order chi connectivity index (χ1) is 16.8. The molecule has 0 N–H and O–H groups in total. The molecule has 0 saturated carbocycles. The summed E-state index contributed by atoms with van der Waals surface area (Å²) in [5, 5.41) is 10.7. The van der Waals surface area contributed by atoms with Crippen molar-refractivity contribution in [3.05, 3.63) is 48.2 Å². The topological polar surface area (TPSA) is 86.8 Å². The van der Waals surface area contributed by atoms with Crippen molar-refractivity contribution in [1.29, 1.82) is 0 Å². The number of methoxy groups -OCH3 is 1. The van der Waals surface area contributed by atoms with E-state index in [1.54, 1.807) is 46.0 Å². The minimum atomic E-state index is -2.72. The van der Waals surface area contributed by atoms with Crippen molar-refractivity contribution in [1.82, 2.24) is 34.5 Å². The standard InChI is InChI=1S/C24H22F2N8O/c1-13-15-10-28-34(18(15)7-17(29-13)16-9-27-6-5-20(16)35-4)21-8-19-22(14(2)31-32(19)3)23(30-21)33-11-24(25,26)12-33/h5-10H,11-12H2,1-4H3. The Hall–Kier alpha value is -4.15. The first-order valence-corrected chi connectivity index (χ1v) is 11.1. The molecule has 6 rings (SSSR count). The number of fused-ring (bicyclic) bond motifs is 2. The second-order valence-electron chi connectivity index (χ2n) is 8.78. The molecule has 1 fully saturated rings. The van der Waals surface area contributed by atoms with Gasteiger partial charge in [-0.3, -0.25) is 14.6 Å². The Morgan fingerprint density at radius 1 is 1.03 bits per heavy atom. The summed E-state index contributed by atoms with van der Waals surface area (Å²) in [6.07, 6.45) is 5.10. The van der Waals surface area contributed by atoms with Crippen molar-refractivity contribution < 1.29 is 13.5 Å². The molecule has 1 saturated heterocycles. The summed E-state index contributed by atoms with van der Waals surface area (Å²) in [6, 6.07) is 5.57. The Morgan fingerprint density at radius 2 is 1.83 bits per heavy atom. The van der Waals surface area contributed by atoms with E-state index in [9.17, 15) is 8.78 Å². The Morgan fingerprint density at radius 3 is 2.57 bits per heavy atom. The van der Waals surface area contributed by atoms with Crippen LogP contribution >= 0.6 is 0 Å². The summed E-state index contributed by atoms with van der Waals surface area (Å²) >= 11 is 0. The van der Waals surface area contributed by atoms with Gasteiger partial charge in [-0.05, 0) is 26.0 Å². The van der Waals surface area contributed by atoms with Crippen molar-refractivity contribution >= 4 is 27.6 Å². The molecule has 0 bridgehead atoms. The smallest absolute Gasteiger partial charge is 0.282 e. The first-order valence-electron chi connectivity index (χ1n) is 11.1. The Labute approximate surface area is 199 Å². The number of alkyl halides is 2. The molecule has 35 heavy (non-hydrogen) atoms. The van der Waals surface area contributed by atoms with Crippen LogP contribution in [0.4, 0.5) is 14.6 Å². The Bertz CT molecular complexity index is 1620. The number of pyridine rings is 3. The molecule has 11 heteroatoms. The van der Waals surface area contributed by atoms with Gasteiger partial charge in [-0.15, -0.1) is 0 Å².